The van der Waals surface area contributed by atoms with Gasteiger partial charge in [0.15, 0.2) is 16.3 Å². The molecule has 1 aromatic heterocycles. The Morgan fingerprint density at radius 2 is 1.80 bits per heavy atom. The number of rotatable bonds is 5. The van der Waals surface area contributed by atoms with Gasteiger partial charge in [-0.2, -0.15) is 4.99 Å². The quantitative estimate of drug-likeness (QED) is 0.704. The highest BCUT2D eigenvalue weighted by atomic mass is 32.1. The first-order valence-corrected chi connectivity index (χ1v) is 8.84. The standard InChI is InChI=1S/C19H20N2O3S/c1-4-21-14-11-15(23-2)16(24-3)12-17(14)25-19(21)20-18(22)10-13-8-6-5-7-9-13/h5-9,11-12H,4,10H2,1-3H3. The Morgan fingerprint density at radius 3 is 2.44 bits per heavy atom. The molecule has 0 fully saturated rings. The van der Waals surface area contributed by atoms with Crippen molar-refractivity contribution in [1.29, 1.82) is 0 Å². The van der Waals surface area contributed by atoms with Crippen molar-refractivity contribution in [2.75, 3.05) is 14.2 Å². The Kier molecular flexibility index (Phi) is 5.19. The van der Waals surface area contributed by atoms with Crippen LogP contribution in [0.15, 0.2) is 47.5 Å². The molecule has 0 saturated carbocycles. The molecule has 0 aliphatic heterocycles. The van der Waals surface area contributed by atoms with E-state index in [-0.39, 0.29) is 5.91 Å². The van der Waals surface area contributed by atoms with Crippen molar-refractivity contribution in [3.05, 3.63) is 52.8 Å². The van der Waals surface area contributed by atoms with Gasteiger partial charge in [-0.05, 0) is 12.5 Å². The van der Waals surface area contributed by atoms with Gasteiger partial charge in [0.05, 0.1) is 30.9 Å². The van der Waals surface area contributed by atoms with Crippen molar-refractivity contribution in [2.24, 2.45) is 4.99 Å². The molecule has 0 N–H and O–H groups in total. The van der Waals surface area contributed by atoms with Gasteiger partial charge in [0, 0.05) is 18.7 Å². The Balaban J connectivity index is 2.04. The third-order valence-electron chi connectivity index (χ3n) is 3.92. The highest BCUT2D eigenvalue weighted by Crippen LogP contribution is 2.33. The van der Waals surface area contributed by atoms with Crippen molar-refractivity contribution < 1.29 is 14.3 Å². The molecule has 0 unspecified atom stereocenters. The van der Waals surface area contributed by atoms with E-state index < -0.39 is 0 Å². The van der Waals surface area contributed by atoms with E-state index in [2.05, 4.69) is 4.99 Å². The van der Waals surface area contributed by atoms with Crippen LogP contribution in [-0.2, 0) is 17.8 Å². The van der Waals surface area contributed by atoms with Gasteiger partial charge >= 0.3 is 0 Å². The van der Waals surface area contributed by atoms with Gasteiger partial charge in [0.2, 0.25) is 0 Å². The summed E-state index contributed by atoms with van der Waals surface area (Å²) in [7, 11) is 3.22. The molecule has 0 aliphatic carbocycles. The van der Waals surface area contributed by atoms with E-state index in [9.17, 15) is 4.79 Å². The third kappa shape index (κ3) is 3.58. The predicted octanol–water partition coefficient (Wildman–Crippen LogP) is 3.41. The summed E-state index contributed by atoms with van der Waals surface area (Å²) >= 11 is 1.48. The molecule has 0 radical (unpaired) electrons. The third-order valence-corrected chi connectivity index (χ3v) is 4.96. The van der Waals surface area contributed by atoms with Crippen molar-refractivity contribution in [2.45, 2.75) is 19.9 Å². The second kappa shape index (κ2) is 7.53. The molecule has 6 heteroatoms. The van der Waals surface area contributed by atoms with Crippen molar-refractivity contribution in [3.8, 4) is 11.5 Å². The Hall–Kier alpha value is -2.60. The monoisotopic (exact) mass is 356 g/mol. The number of thiazole rings is 1. The van der Waals surface area contributed by atoms with Crippen molar-refractivity contribution in [1.82, 2.24) is 4.57 Å². The van der Waals surface area contributed by atoms with Gasteiger partial charge < -0.3 is 14.0 Å². The van der Waals surface area contributed by atoms with E-state index in [1.165, 1.54) is 11.3 Å². The first-order valence-electron chi connectivity index (χ1n) is 8.03. The first-order chi connectivity index (χ1) is 12.2. The molecule has 5 nitrogen and oxygen atoms in total. The summed E-state index contributed by atoms with van der Waals surface area (Å²) in [5, 5.41) is 0. The normalized spacial score (nSPS) is 11.7. The number of ether oxygens (including phenoxy) is 2. The number of carbonyl (C=O) groups excluding carboxylic acids is 1. The number of hydrogen-bond donors (Lipinski definition) is 0. The number of fused-ring (bicyclic) bond motifs is 1. The fraction of sp³-hybridized carbons (Fsp3) is 0.263. The first kappa shape index (κ1) is 17.2. The maximum absolute atomic E-state index is 12.4. The Morgan fingerprint density at radius 1 is 1.12 bits per heavy atom. The van der Waals surface area contributed by atoms with Crippen LogP contribution in [0.2, 0.25) is 0 Å². The number of benzene rings is 2. The number of methoxy groups -OCH3 is 2. The highest BCUT2D eigenvalue weighted by molar-refractivity contribution is 7.16. The zero-order valence-corrected chi connectivity index (χ0v) is 15.3. The molecule has 3 aromatic rings. The summed E-state index contributed by atoms with van der Waals surface area (Å²) < 4.78 is 13.8. The number of carbonyl (C=O) groups is 1. The molecule has 0 bridgehead atoms. The summed E-state index contributed by atoms with van der Waals surface area (Å²) in [6.45, 7) is 2.75. The Labute approximate surface area is 150 Å². The van der Waals surface area contributed by atoms with Crippen LogP contribution in [0.1, 0.15) is 12.5 Å². The lowest BCUT2D eigenvalue weighted by Crippen LogP contribution is -2.16. The van der Waals surface area contributed by atoms with E-state index in [0.29, 0.717) is 29.3 Å². The van der Waals surface area contributed by atoms with E-state index in [1.807, 2.05) is 54.0 Å². The van der Waals surface area contributed by atoms with Gasteiger partial charge in [-0.25, -0.2) is 0 Å². The predicted molar refractivity (Wildman–Crippen MR) is 99.3 cm³/mol. The molecule has 0 spiro atoms. The molecule has 1 amide bonds. The van der Waals surface area contributed by atoms with E-state index in [4.69, 9.17) is 9.47 Å². The van der Waals surface area contributed by atoms with Crippen LogP contribution < -0.4 is 14.3 Å². The lowest BCUT2D eigenvalue weighted by molar-refractivity contribution is -0.117. The number of aromatic nitrogens is 1. The van der Waals surface area contributed by atoms with Crippen molar-refractivity contribution in [3.63, 3.8) is 0 Å². The largest absolute Gasteiger partial charge is 0.493 e. The lowest BCUT2D eigenvalue weighted by Gasteiger charge is -2.08. The van der Waals surface area contributed by atoms with E-state index >= 15 is 0 Å². The summed E-state index contributed by atoms with van der Waals surface area (Å²) in [4.78, 5) is 17.4. The number of amides is 1. The van der Waals surface area contributed by atoms with E-state index in [1.54, 1.807) is 14.2 Å². The maximum Gasteiger partial charge on any atom is 0.252 e. The van der Waals surface area contributed by atoms with Crippen LogP contribution in [0.25, 0.3) is 10.2 Å². The molecule has 3 rings (SSSR count). The second-order valence-electron chi connectivity index (χ2n) is 5.47. The van der Waals surface area contributed by atoms with Crippen LogP contribution in [0.3, 0.4) is 0 Å². The van der Waals surface area contributed by atoms with E-state index in [0.717, 1.165) is 15.8 Å². The fourth-order valence-electron chi connectivity index (χ4n) is 2.70. The summed E-state index contributed by atoms with van der Waals surface area (Å²) in [6.07, 6.45) is 0.297. The summed E-state index contributed by atoms with van der Waals surface area (Å²) in [5.41, 5.74) is 1.94. The minimum absolute atomic E-state index is 0.154. The zero-order chi connectivity index (χ0) is 17.8. The zero-order valence-electron chi connectivity index (χ0n) is 14.5. The van der Waals surface area contributed by atoms with Gasteiger partial charge in [-0.15, -0.1) is 0 Å². The highest BCUT2D eigenvalue weighted by Gasteiger charge is 2.12. The molecule has 130 valence electrons. The lowest BCUT2D eigenvalue weighted by atomic mass is 10.1. The molecule has 0 saturated heterocycles. The van der Waals surface area contributed by atoms with Crippen LogP contribution in [0, 0.1) is 0 Å². The van der Waals surface area contributed by atoms with Crippen LogP contribution in [0.5, 0.6) is 11.5 Å². The average Bonchev–Trinajstić information content (AvgIpc) is 2.96. The maximum atomic E-state index is 12.4. The number of nitrogens with zero attached hydrogens (tertiary/aromatic N) is 2. The second-order valence-corrected chi connectivity index (χ2v) is 6.48. The molecule has 25 heavy (non-hydrogen) atoms. The average molecular weight is 356 g/mol. The minimum Gasteiger partial charge on any atom is -0.493 e. The molecule has 0 atom stereocenters. The van der Waals surface area contributed by atoms with Crippen LogP contribution >= 0.6 is 11.3 Å². The SMILES string of the molecule is CCn1c(=NC(=O)Cc2ccccc2)sc2cc(OC)c(OC)cc21. The number of aryl methyl sites for hydroxylation is 1. The summed E-state index contributed by atoms with van der Waals surface area (Å²) in [5.74, 6) is 1.18. The van der Waals surface area contributed by atoms with Gasteiger partial charge in [0.25, 0.3) is 5.91 Å². The molecule has 0 aliphatic rings. The molecular weight excluding hydrogens is 336 g/mol. The number of hydrogen-bond acceptors (Lipinski definition) is 4. The smallest absolute Gasteiger partial charge is 0.252 e. The fourth-order valence-corrected chi connectivity index (χ4v) is 3.83. The summed E-state index contributed by atoms with van der Waals surface area (Å²) in [6, 6.07) is 13.5. The van der Waals surface area contributed by atoms with Crippen LogP contribution in [0.4, 0.5) is 0 Å². The minimum atomic E-state index is -0.154. The van der Waals surface area contributed by atoms with Crippen LogP contribution in [-0.4, -0.2) is 24.7 Å². The molecule has 1 heterocycles. The van der Waals surface area contributed by atoms with Crippen molar-refractivity contribution >= 4 is 27.5 Å². The topological polar surface area (TPSA) is 52.8 Å². The van der Waals surface area contributed by atoms with Gasteiger partial charge in [-0.3, -0.25) is 4.79 Å². The van der Waals surface area contributed by atoms with Gasteiger partial charge in [0.1, 0.15) is 0 Å². The van der Waals surface area contributed by atoms with Gasteiger partial charge in [-0.1, -0.05) is 41.7 Å². The Bertz CT molecular complexity index is 958. The molecular formula is C19H20N2O3S. The molecule has 2 aromatic carbocycles.